The third kappa shape index (κ3) is 5.91. The summed E-state index contributed by atoms with van der Waals surface area (Å²) in [6.07, 6.45) is 5.64. The van der Waals surface area contributed by atoms with Crippen molar-refractivity contribution in [2.45, 2.75) is 39.5 Å². The molecule has 168 valence electrons. The largest absolute Gasteiger partial charge is 0.493 e. The Hall–Kier alpha value is -3.26. The highest BCUT2D eigenvalue weighted by molar-refractivity contribution is 7.71. The van der Waals surface area contributed by atoms with Gasteiger partial charge in [0, 0.05) is 0 Å². The van der Waals surface area contributed by atoms with Crippen LogP contribution in [0.15, 0.2) is 53.6 Å². The number of ether oxygens (including phenoxy) is 2. The molecule has 0 amide bonds. The molecule has 2 aromatic carbocycles. The van der Waals surface area contributed by atoms with E-state index >= 15 is 0 Å². The van der Waals surface area contributed by atoms with Crippen LogP contribution in [0.4, 0.5) is 0 Å². The van der Waals surface area contributed by atoms with E-state index in [1.165, 1.54) is 23.7 Å². The number of aromatic nitrogens is 3. The minimum Gasteiger partial charge on any atom is -0.493 e. The van der Waals surface area contributed by atoms with Crippen molar-refractivity contribution < 1.29 is 14.3 Å². The number of nitrogens with zero attached hydrogens (tertiary/aromatic N) is 3. The Balaban J connectivity index is 1.81. The molecule has 1 aromatic heterocycles. The third-order valence-electron chi connectivity index (χ3n) is 4.78. The molecule has 0 aliphatic heterocycles. The Kier molecular flexibility index (Phi) is 8.74. The first-order chi connectivity index (χ1) is 15.7. The van der Waals surface area contributed by atoms with Crippen LogP contribution < -0.4 is 9.47 Å². The number of benzene rings is 2. The van der Waals surface area contributed by atoms with Gasteiger partial charge in [-0.1, -0.05) is 50.5 Å². The van der Waals surface area contributed by atoms with E-state index in [2.05, 4.69) is 22.2 Å². The fourth-order valence-electron chi connectivity index (χ4n) is 3.19. The zero-order chi connectivity index (χ0) is 22.8. The van der Waals surface area contributed by atoms with E-state index < -0.39 is 0 Å². The van der Waals surface area contributed by atoms with Gasteiger partial charge in [0.25, 0.3) is 0 Å². The molecular formula is C24H28N4O3S. The number of hydrogen-bond donors (Lipinski definition) is 1. The molecule has 0 spiro atoms. The van der Waals surface area contributed by atoms with Crippen LogP contribution in [0.25, 0.3) is 11.4 Å². The van der Waals surface area contributed by atoms with E-state index in [0.717, 1.165) is 18.4 Å². The molecule has 8 heteroatoms. The number of unbranched alkanes of at least 4 members (excludes halogenated alkanes) is 3. The Morgan fingerprint density at radius 1 is 1.06 bits per heavy atom. The minimum absolute atomic E-state index is 0.274. The molecule has 0 aliphatic carbocycles. The van der Waals surface area contributed by atoms with Gasteiger partial charge >= 0.3 is 0 Å². The number of Topliss-reactive ketones (excluding diaryl/α,β-unsaturated/α-hetero) is 1. The van der Waals surface area contributed by atoms with Crippen molar-refractivity contribution in [3.05, 3.63) is 58.9 Å². The van der Waals surface area contributed by atoms with Gasteiger partial charge in [0.1, 0.15) is 11.5 Å². The topological polar surface area (TPSA) is 81.5 Å². The SMILES string of the molecule is CCCCCCOc1ccccc1C(=O)/C=N\n1c(-c2ccccc2OCC)n[nH]c1=S. The normalized spacial score (nSPS) is 11.1. The summed E-state index contributed by atoms with van der Waals surface area (Å²) in [6, 6.07) is 14.7. The number of nitrogens with one attached hydrogen (secondary N) is 1. The maximum atomic E-state index is 12.9. The minimum atomic E-state index is -0.277. The Bertz CT molecular complexity index is 1120. The summed E-state index contributed by atoms with van der Waals surface area (Å²) in [5, 5.41) is 11.3. The van der Waals surface area contributed by atoms with Crippen molar-refractivity contribution >= 4 is 24.2 Å². The van der Waals surface area contributed by atoms with E-state index in [0.29, 0.717) is 36.1 Å². The van der Waals surface area contributed by atoms with Crippen LogP contribution in [-0.2, 0) is 0 Å². The van der Waals surface area contributed by atoms with Gasteiger partial charge in [0.05, 0.1) is 30.6 Å². The fraction of sp³-hybridized carbons (Fsp3) is 0.333. The van der Waals surface area contributed by atoms with Crippen LogP contribution >= 0.6 is 12.2 Å². The second-order valence-electron chi connectivity index (χ2n) is 7.11. The number of rotatable bonds is 12. The van der Waals surface area contributed by atoms with E-state index in [1.54, 1.807) is 18.2 Å². The van der Waals surface area contributed by atoms with Gasteiger partial charge in [-0.2, -0.15) is 14.9 Å². The van der Waals surface area contributed by atoms with E-state index in [-0.39, 0.29) is 10.6 Å². The molecule has 0 atom stereocenters. The smallest absolute Gasteiger partial charge is 0.216 e. The number of H-pyrrole nitrogens is 1. The van der Waals surface area contributed by atoms with Gasteiger partial charge in [-0.3, -0.25) is 4.79 Å². The molecule has 0 saturated carbocycles. The summed E-state index contributed by atoms with van der Waals surface area (Å²) in [5.41, 5.74) is 1.18. The summed E-state index contributed by atoms with van der Waals surface area (Å²) in [6.45, 7) is 5.17. The quantitative estimate of drug-likeness (QED) is 0.165. The number of carbonyl (C=O) groups is 1. The maximum absolute atomic E-state index is 12.9. The number of hydrogen-bond acceptors (Lipinski definition) is 6. The van der Waals surface area contributed by atoms with Crippen LogP contribution in [0.1, 0.15) is 49.9 Å². The zero-order valence-corrected chi connectivity index (χ0v) is 19.2. The molecule has 32 heavy (non-hydrogen) atoms. The molecule has 1 heterocycles. The van der Waals surface area contributed by atoms with E-state index in [1.807, 2.05) is 37.3 Å². The molecule has 7 nitrogen and oxygen atoms in total. The second-order valence-corrected chi connectivity index (χ2v) is 7.49. The number of para-hydroxylation sites is 2. The van der Waals surface area contributed by atoms with Gasteiger partial charge < -0.3 is 9.47 Å². The van der Waals surface area contributed by atoms with Gasteiger partial charge in [-0.25, -0.2) is 5.10 Å². The van der Waals surface area contributed by atoms with Crippen molar-refractivity contribution in [2.75, 3.05) is 13.2 Å². The predicted octanol–water partition coefficient (Wildman–Crippen LogP) is 5.68. The second kappa shape index (κ2) is 12.0. The lowest BCUT2D eigenvalue weighted by molar-refractivity contribution is 0.106. The van der Waals surface area contributed by atoms with E-state index in [4.69, 9.17) is 21.7 Å². The lowest BCUT2D eigenvalue weighted by Gasteiger charge is -2.10. The van der Waals surface area contributed by atoms with Gasteiger partial charge in [0.2, 0.25) is 10.6 Å². The lowest BCUT2D eigenvalue weighted by atomic mass is 10.1. The Morgan fingerprint density at radius 2 is 1.81 bits per heavy atom. The molecule has 3 rings (SSSR count). The zero-order valence-electron chi connectivity index (χ0n) is 18.4. The molecule has 0 bridgehead atoms. The monoisotopic (exact) mass is 452 g/mol. The Morgan fingerprint density at radius 3 is 2.59 bits per heavy atom. The van der Waals surface area contributed by atoms with Crippen LogP contribution in [-0.4, -0.2) is 40.1 Å². The predicted molar refractivity (Wildman–Crippen MR) is 128 cm³/mol. The summed E-state index contributed by atoms with van der Waals surface area (Å²) in [4.78, 5) is 12.9. The Labute approximate surface area is 193 Å². The van der Waals surface area contributed by atoms with Crippen molar-refractivity contribution in [1.82, 2.24) is 14.9 Å². The van der Waals surface area contributed by atoms with Crippen molar-refractivity contribution in [1.29, 1.82) is 0 Å². The van der Waals surface area contributed by atoms with Crippen LogP contribution in [0, 0.1) is 4.77 Å². The summed E-state index contributed by atoms with van der Waals surface area (Å²) >= 11 is 5.32. The molecule has 0 fully saturated rings. The van der Waals surface area contributed by atoms with E-state index in [9.17, 15) is 4.79 Å². The van der Waals surface area contributed by atoms with Crippen molar-refractivity contribution in [3.63, 3.8) is 0 Å². The van der Waals surface area contributed by atoms with Gasteiger partial charge in [-0.15, -0.1) is 0 Å². The van der Waals surface area contributed by atoms with Crippen LogP contribution in [0.3, 0.4) is 0 Å². The highest BCUT2D eigenvalue weighted by Crippen LogP contribution is 2.28. The molecular weight excluding hydrogens is 424 g/mol. The highest BCUT2D eigenvalue weighted by Gasteiger charge is 2.15. The molecule has 3 aromatic rings. The lowest BCUT2D eigenvalue weighted by Crippen LogP contribution is -2.07. The molecule has 0 aliphatic rings. The standard InChI is InChI=1S/C24H28N4O3S/c1-3-5-6-11-16-31-21-14-9-7-12-18(21)20(29)17-25-28-23(26-27-24(28)32)19-13-8-10-15-22(19)30-4-2/h7-10,12-15,17H,3-6,11,16H2,1-2H3,(H,27,32)/b25-17-. The van der Waals surface area contributed by atoms with Gasteiger partial charge in [-0.05, 0) is 49.8 Å². The first-order valence-electron chi connectivity index (χ1n) is 10.9. The maximum Gasteiger partial charge on any atom is 0.216 e. The van der Waals surface area contributed by atoms with Gasteiger partial charge in [0.15, 0.2) is 5.82 Å². The molecule has 0 saturated heterocycles. The summed E-state index contributed by atoms with van der Waals surface area (Å²) in [5.74, 6) is 1.40. The molecule has 1 N–H and O–H groups in total. The van der Waals surface area contributed by atoms with Crippen LogP contribution in [0.5, 0.6) is 11.5 Å². The van der Waals surface area contributed by atoms with Crippen LogP contribution in [0.2, 0.25) is 0 Å². The number of ketones is 1. The van der Waals surface area contributed by atoms with Crippen molar-refractivity contribution in [3.8, 4) is 22.9 Å². The summed E-state index contributed by atoms with van der Waals surface area (Å²) in [7, 11) is 0. The first-order valence-corrected chi connectivity index (χ1v) is 11.3. The molecule has 0 radical (unpaired) electrons. The third-order valence-corrected chi connectivity index (χ3v) is 5.04. The fourth-order valence-corrected chi connectivity index (χ4v) is 3.37. The summed E-state index contributed by atoms with van der Waals surface area (Å²) < 4.78 is 13.2. The number of carbonyl (C=O) groups excluding carboxylic acids is 1. The highest BCUT2D eigenvalue weighted by atomic mass is 32.1. The average Bonchev–Trinajstić information content (AvgIpc) is 3.18. The van der Waals surface area contributed by atoms with Crippen molar-refractivity contribution in [2.24, 2.45) is 5.10 Å². The first kappa shape index (κ1) is 23.4. The number of aromatic amines is 1. The molecule has 0 unspecified atom stereocenters. The average molecular weight is 453 g/mol.